The number of rotatable bonds is 2. The maximum Gasteiger partial charge on any atom is 0.125 e. The Kier molecular flexibility index (Phi) is 4.10. The van der Waals surface area contributed by atoms with E-state index >= 15 is 0 Å². The summed E-state index contributed by atoms with van der Waals surface area (Å²) in [6, 6.07) is 4.65. The van der Waals surface area contributed by atoms with Gasteiger partial charge in [0.25, 0.3) is 0 Å². The lowest BCUT2D eigenvalue weighted by atomic mass is 9.89. The fourth-order valence-corrected chi connectivity index (χ4v) is 2.82. The van der Waals surface area contributed by atoms with Gasteiger partial charge in [-0.25, -0.2) is 4.39 Å². The van der Waals surface area contributed by atoms with Crippen LogP contribution in [0.25, 0.3) is 0 Å². The summed E-state index contributed by atoms with van der Waals surface area (Å²) in [6.07, 6.45) is 3.61. The van der Waals surface area contributed by atoms with Crippen LogP contribution in [0.5, 0.6) is 0 Å². The third-order valence-corrected chi connectivity index (χ3v) is 4.05. The van der Waals surface area contributed by atoms with Crippen molar-refractivity contribution in [2.24, 2.45) is 11.8 Å². The second kappa shape index (κ2) is 5.59. The molecule has 0 amide bonds. The average Bonchev–Trinajstić information content (AvgIpc) is 2.58. The smallest absolute Gasteiger partial charge is 0.125 e. The molecule has 100 valence electrons. The van der Waals surface area contributed by atoms with Crippen LogP contribution in [-0.4, -0.2) is 13.1 Å². The number of halogens is 1. The van der Waals surface area contributed by atoms with E-state index in [0.717, 1.165) is 30.6 Å². The van der Waals surface area contributed by atoms with Gasteiger partial charge in [-0.05, 0) is 49.3 Å². The molecule has 2 nitrogen and oxygen atoms in total. The molecule has 1 aromatic carbocycles. The second-order valence-electron chi connectivity index (χ2n) is 5.63. The molecule has 0 bridgehead atoms. The van der Waals surface area contributed by atoms with E-state index in [4.69, 9.17) is 5.73 Å². The topological polar surface area (TPSA) is 29.3 Å². The highest BCUT2D eigenvalue weighted by Gasteiger charge is 2.20. The number of nitrogens with zero attached hydrogens (tertiary/aromatic N) is 1. The molecule has 1 unspecified atom stereocenters. The zero-order chi connectivity index (χ0) is 13.1. The molecule has 3 heteroatoms. The summed E-state index contributed by atoms with van der Waals surface area (Å²) >= 11 is 0. The first-order valence-corrected chi connectivity index (χ1v) is 6.88. The molecule has 0 aliphatic carbocycles. The van der Waals surface area contributed by atoms with Crippen LogP contribution in [0.15, 0.2) is 18.2 Å². The van der Waals surface area contributed by atoms with Gasteiger partial charge in [-0.1, -0.05) is 13.8 Å². The molecule has 1 aromatic rings. The molecule has 1 aliphatic heterocycles. The summed E-state index contributed by atoms with van der Waals surface area (Å²) in [6.45, 7) is 6.54. The highest BCUT2D eigenvalue weighted by molar-refractivity contribution is 5.67. The molecule has 1 fully saturated rings. The van der Waals surface area contributed by atoms with Crippen molar-refractivity contribution in [2.45, 2.75) is 33.1 Å². The van der Waals surface area contributed by atoms with Crippen molar-refractivity contribution >= 4 is 11.4 Å². The molecule has 0 radical (unpaired) electrons. The summed E-state index contributed by atoms with van der Waals surface area (Å²) in [5.74, 6) is 1.31. The predicted octanol–water partition coefficient (Wildman–Crippen LogP) is 3.67. The van der Waals surface area contributed by atoms with E-state index in [-0.39, 0.29) is 5.82 Å². The Morgan fingerprint density at radius 2 is 2.06 bits per heavy atom. The zero-order valence-electron chi connectivity index (χ0n) is 11.3. The van der Waals surface area contributed by atoms with Crippen molar-refractivity contribution in [3.8, 4) is 0 Å². The van der Waals surface area contributed by atoms with Crippen LogP contribution in [0, 0.1) is 17.7 Å². The van der Waals surface area contributed by atoms with E-state index < -0.39 is 0 Å². The van der Waals surface area contributed by atoms with Gasteiger partial charge in [-0.15, -0.1) is 0 Å². The predicted molar refractivity (Wildman–Crippen MR) is 75.2 cm³/mol. The van der Waals surface area contributed by atoms with Crippen LogP contribution in [0.4, 0.5) is 15.8 Å². The first-order chi connectivity index (χ1) is 8.58. The van der Waals surface area contributed by atoms with Gasteiger partial charge in [-0.3, -0.25) is 0 Å². The third kappa shape index (κ3) is 2.95. The molecule has 2 N–H and O–H groups in total. The normalized spacial score (nSPS) is 21.1. The highest BCUT2D eigenvalue weighted by Crippen LogP contribution is 2.30. The fourth-order valence-electron chi connectivity index (χ4n) is 2.82. The van der Waals surface area contributed by atoms with Gasteiger partial charge in [0, 0.05) is 13.1 Å². The summed E-state index contributed by atoms with van der Waals surface area (Å²) in [4.78, 5) is 2.24. The molecular weight excluding hydrogens is 227 g/mol. The van der Waals surface area contributed by atoms with Gasteiger partial charge in [0.1, 0.15) is 5.82 Å². The van der Waals surface area contributed by atoms with E-state index in [2.05, 4.69) is 18.7 Å². The van der Waals surface area contributed by atoms with Crippen molar-refractivity contribution in [1.82, 2.24) is 0 Å². The number of hydrogen-bond acceptors (Lipinski definition) is 2. The number of hydrogen-bond donors (Lipinski definition) is 1. The first-order valence-electron chi connectivity index (χ1n) is 6.88. The molecular formula is C15H23FN2. The molecule has 1 saturated heterocycles. The number of anilines is 2. The van der Waals surface area contributed by atoms with Crippen LogP contribution in [0.3, 0.4) is 0 Å². The number of benzene rings is 1. The standard InChI is InChI=1S/C15H23FN2/c1-11(2)12-4-3-8-18(9-7-12)15-10-13(16)5-6-14(15)17/h5-6,10-12H,3-4,7-9,17H2,1-2H3. The third-order valence-electron chi connectivity index (χ3n) is 4.05. The number of nitrogen functional groups attached to an aromatic ring is 1. The molecule has 0 aromatic heterocycles. The van der Waals surface area contributed by atoms with Crippen molar-refractivity contribution in [2.75, 3.05) is 23.7 Å². The molecule has 1 heterocycles. The largest absolute Gasteiger partial charge is 0.397 e. The van der Waals surface area contributed by atoms with Crippen molar-refractivity contribution in [3.05, 3.63) is 24.0 Å². The Labute approximate surface area is 109 Å². The molecule has 1 atom stereocenters. The van der Waals surface area contributed by atoms with Crippen molar-refractivity contribution < 1.29 is 4.39 Å². The van der Waals surface area contributed by atoms with Crippen LogP contribution in [-0.2, 0) is 0 Å². The quantitative estimate of drug-likeness (QED) is 0.811. The van der Waals surface area contributed by atoms with Gasteiger partial charge in [0.2, 0.25) is 0 Å². The van der Waals surface area contributed by atoms with Crippen LogP contribution in [0.2, 0.25) is 0 Å². The minimum absolute atomic E-state index is 0.205. The maximum atomic E-state index is 13.3. The van der Waals surface area contributed by atoms with Gasteiger partial charge < -0.3 is 10.6 Å². The van der Waals surface area contributed by atoms with Crippen LogP contribution in [0.1, 0.15) is 33.1 Å². The van der Waals surface area contributed by atoms with Gasteiger partial charge in [0.15, 0.2) is 0 Å². The summed E-state index contributed by atoms with van der Waals surface area (Å²) in [5.41, 5.74) is 7.50. The second-order valence-corrected chi connectivity index (χ2v) is 5.63. The van der Waals surface area contributed by atoms with Crippen LogP contribution < -0.4 is 10.6 Å². The fraction of sp³-hybridized carbons (Fsp3) is 0.600. The molecule has 2 rings (SSSR count). The monoisotopic (exact) mass is 250 g/mol. The first kappa shape index (κ1) is 13.2. The zero-order valence-corrected chi connectivity index (χ0v) is 11.3. The van der Waals surface area contributed by atoms with Gasteiger partial charge >= 0.3 is 0 Å². The van der Waals surface area contributed by atoms with Crippen molar-refractivity contribution in [3.63, 3.8) is 0 Å². The lowest BCUT2D eigenvalue weighted by molar-refractivity contribution is 0.351. The van der Waals surface area contributed by atoms with Crippen LogP contribution >= 0.6 is 0 Å². The van der Waals surface area contributed by atoms with E-state index in [1.807, 2.05) is 0 Å². The SMILES string of the molecule is CC(C)C1CCCN(c2cc(F)ccc2N)CC1. The minimum atomic E-state index is -0.205. The summed E-state index contributed by atoms with van der Waals surface area (Å²) < 4.78 is 13.3. The maximum absolute atomic E-state index is 13.3. The van der Waals surface area contributed by atoms with E-state index in [1.54, 1.807) is 12.1 Å². The van der Waals surface area contributed by atoms with E-state index in [0.29, 0.717) is 5.69 Å². The highest BCUT2D eigenvalue weighted by atomic mass is 19.1. The lowest BCUT2D eigenvalue weighted by Crippen LogP contribution is -2.25. The average molecular weight is 250 g/mol. The Balaban J connectivity index is 2.12. The Morgan fingerprint density at radius 1 is 1.28 bits per heavy atom. The van der Waals surface area contributed by atoms with Crippen molar-refractivity contribution in [1.29, 1.82) is 0 Å². The van der Waals surface area contributed by atoms with E-state index in [9.17, 15) is 4.39 Å². The minimum Gasteiger partial charge on any atom is -0.397 e. The molecule has 1 aliphatic rings. The Hall–Kier alpha value is -1.25. The van der Waals surface area contributed by atoms with Gasteiger partial charge in [0.05, 0.1) is 11.4 Å². The summed E-state index contributed by atoms with van der Waals surface area (Å²) in [7, 11) is 0. The van der Waals surface area contributed by atoms with E-state index in [1.165, 1.54) is 25.3 Å². The molecule has 18 heavy (non-hydrogen) atoms. The van der Waals surface area contributed by atoms with Gasteiger partial charge in [-0.2, -0.15) is 0 Å². The Morgan fingerprint density at radius 3 is 2.78 bits per heavy atom. The number of nitrogens with two attached hydrogens (primary N) is 1. The lowest BCUT2D eigenvalue weighted by Gasteiger charge is -2.25. The summed E-state index contributed by atoms with van der Waals surface area (Å²) in [5, 5.41) is 0. The molecule has 0 saturated carbocycles. The Bertz CT molecular complexity index is 403. The molecule has 0 spiro atoms.